The molecule has 0 spiro atoms. The summed E-state index contributed by atoms with van der Waals surface area (Å²) in [6.45, 7) is 8.02. The predicted octanol–water partition coefficient (Wildman–Crippen LogP) is 1.52. The minimum Gasteiger partial charge on any atom is -0.469 e. The average molecular weight is 314 g/mol. The number of halogens is 1. The molecule has 1 aliphatic heterocycles. The van der Waals surface area contributed by atoms with Gasteiger partial charge in [0.05, 0.1) is 30.4 Å². The van der Waals surface area contributed by atoms with E-state index in [9.17, 15) is 4.79 Å². The molecule has 1 aromatic heterocycles. The lowest BCUT2D eigenvalue weighted by molar-refractivity contribution is -0.139. The van der Waals surface area contributed by atoms with Gasteiger partial charge >= 0.3 is 13.1 Å². The molecule has 2 heterocycles. The molecule has 1 saturated heterocycles. The van der Waals surface area contributed by atoms with Gasteiger partial charge in [0.2, 0.25) is 0 Å². The standard InChI is InChI=1S/C14H20BNO4.ClH/c1-13(2)14(3,4)20-15(19-13)10-6-7-11(16-9-10)8-12(17)18-5;/h6-7,9H,8H2,1-5H3;1H. The molecule has 0 aliphatic carbocycles. The fourth-order valence-electron chi connectivity index (χ4n) is 1.88. The highest BCUT2D eigenvalue weighted by Gasteiger charge is 2.51. The van der Waals surface area contributed by atoms with Crippen molar-refractivity contribution >= 4 is 31.0 Å². The Morgan fingerprint density at radius 3 is 2.24 bits per heavy atom. The van der Waals surface area contributed by atoms with Crippen LogP contribution < -0.4 is 5.46 Å². The maximum Gasteiger partial charge on any atom is 0.496 e. The fraction of sp³-hybridized carbons (Fsp3) is 0.571. The van der Waals surface area contributed by atoms with Gasteiger partial charge in [0.1, 0.15) is 0 Å². The van der Waals surface area contributed by atoms with Crippen LogP contribution in [0.25, 0.3) is 0 Å². The number of rotatable bonds is 3. The number of carbonyl (C=O) groups is 1. The Hall–Kier alpha value is -1.11. The summed E-state index contributed by atoms with van der Waals surface area (Å²) in [6.07, 6.45) is 1.85. The Bertz CT molecular complexity index is 488. The smallest absolute Gasteiger partial charge is 0.469 e. The monoisotopic (exact) mass is 313 g/mol. The zero-order valence-corrected chi connectivity index (χ0v) is 13.8. The quantitative estimate of drug-likeness (QED) is 0.625. The highest BCUT2D eigenvalue weighted by molar-refractivity contribution is 6.62. The number of pyridine rings is 1. The lowest BCUT2D eigenvalue weighted by atomic mass is 9.80. The second-order valence-corrected chi connectivity index (χ2v) is 5.92. The van der Waals surface area contributed by atoms with Crippen LogP contribution in [0.15, 0.2) is 18.3 Å². The van der Waals surface area contributed by atoms with Crippen molar-refractivity contribution in [3.8, 4) is 0 Å². The Morgan fingerprint density at radius 2 is 1.81 bits per heavy atom. The van der Waals surface area contributed by atoms with Crippen molar-refractivity contribution in [2.45, 2.75) is 45.3 Å². The summed E-state index contributed by atoms with van der Waals surface area (Å²) in [5.74, 6) is -0.305. The first-order valence-corrected chi connectivity index (χ1v) is 6.62. The molecule has 2 rings (SSSR count). The van der Waals surface area contributed by atoms with E-state index in [1.807, 2.05) is 33.8 Å². The van der Waals surface area contributed by atoms with E-state index >= 15 is 0 Å². The van der Waals surface area contributed by atoms with Gasteiger partial charge in [-0.3, -0.25) is 9.78 Å². The van der Waals surface area contributed by atoms with E-state index in [2.05, 4.69) is 9.72 Å². The van der Waals surface area contributed by atoms with E-state index in [1.54, 1.807) is 12.3 Å². The van der Waals surface area contributed by atoms with E-state index < -0.39 is 7.12 Å². The molecule has 0 saturated carbocycles. The number of ether oxygens (including phenoxy) is 1. The van der Waals surface area contributed by atoms with Gasteiger partial charge in [-0.1, -0.05) is 6.07 Å². The normalized spacial score (nSPS) is 19.0. The van der Waals surface area contributed by atoms with Gasteiger partial charge in [-0.15, -0.1) is 12.4 Å². The number of nitrogens with zero attached hydrogens (tertiary/aromatic N) is 1. The molecule has 1 aliphatic rings. The van der Waals surface area contributed by atoms with Gasteiger partial charge in [-0.25, -0.2) is 0 Å². The lowest BCUT2D eigenvalue weighted by Crippen LogP contribution is -2.41. The predicted molar refractivity (Wildman–Crippen MR) is 82.9 cm³/mol. The molecule has 1 fully saturated rings. The molecule has 0 bridgehead atoms. The number of hydrogen-bond acceptors (Lipinski definition) is 5. The van der Waals surface area contributed by atoms with Crippen LogP contribution in [0.5, 0.6) is 0 Å². The third-order valence-electron chi connectivity index (χ3n) is 3.93. The van der Waals surface area contributed by atoms with Gasteiger partial charge in [0.15, 0.2) is 0 Å². The van der Waals surface area contributed by atoms with Crippen molar-refractivity contribution in [3.63, 3.8) is 0 Å². The van der Waals surface area contributed by atoms with E-state index in [4.69, 9.17) is 9.31 Å². The maximum absolute atomic E-state index is 11.2. The number of esters is 1. The van der Waals surface area contributed by atoms with Crippen molar-refractivity contribution in [2.24, 2.45) is 0 Å². The van der Waals surface area contributed by atoms with Crippen LogP contribution in [0.4, 0.5) is 0 Å². The molecule has 0 aromatic carbocycles. The van der Waals surface area contributed by atoms with Crippen molar-refractivity contribution in [1.82, 2.24) is 4.98 Å². The highest BCUT2D eigenvalue weighted by atomic mass is 35.5. The first-order valence-electron chi connectivity index (χ1n) is 6.62. The largest absolute Gasteiger partial charge is 0.496 e. The Balaban J connectivity index is 0.00000220. The molecule has 1 aromatic rings. The second-order valence-electron chi connectivity index (χ2n) is 5.92. The van der Waals surface area contributed by atoms with Crippen LogP contribution in [-0.2, 0) is 25.3 Å². The summed E-state index contributed by atoms with van der Waals surface area (Å²) in [5, 5.41) is 0. The summed E-state index contributed by atoms with van der Waals surface area (Å²) in [5.41, 5.74) is 0.763. The molecular weight excluding hydrogens is 292 g/mol. The highest BCUT2D eigenvalue weighted by Crippen LogP contribution is 2.36. The third kappa shape index (κ3) is 3.76. The summed E-state index contributed by atoms with van der Waals surface area (Å²) >= 11 is 0. The third-order valence-corrected chi connectivity index (χ3v) is 3.93. The Labute approximate surface area is 131 Å². The lowest BCUT2D eigenvalue weighted by Gasteiger charge is -2.32. The first-order chi connectivity index (χ1) is 9.25. The Kier molecular flexibility index (Phi) is 5.42. The van der Waals surface area contributed by atoms with Crippen molar-refractivity contribution in [1.29, 1.82) is 0 Å². The molecule has 0 amide bonds. The van der Waals surface area contributed by atoms with Crippen LogP contribution in [0.1, 0.15) is 33.4 Å². The van der Waals surface area contributed by atoms with Gasteiger partial charge in [-0.05, 0) is 33.8 Å². The summed E-state index contributed by atoms with van der Waals surface area (Å²) < 4.78 is 16.5. The van der Waals surface area contributed by atoms with Gasteiger partial charge in [0, 0.05) is 11.7 Å². The minimum absolute atomic E-state index is 0. The van der Waals surface area contributed by atoms with Crippen molar-refractivity contribution < 1.29 is 18.8 Å². The molecule has 0 N–H and O–H groups in total. The van der Waals surface area contributed by atoms with E-state index in [1.165, 1.54) is 7.11 Å². The summed E-state index contributed by atoms with van der Waals surface area (Å²) in [7, 11) is 0.931. The van der Waals surface area contributed by atoms with E-state index in [-0.39, 0.29) is 36.0 Å². The SMILES string of the molecule is COC(=O)Cc1ccc(B2OC(C)(C)C(C)(C)O2)cn1.Cl. The number of aromatic nitrogens is 1. The van der Waals surface area contributed by atoms with Crippen molar-refractivity contribution in [3.05, 3.63) is 24.0 Å². The Morgan fingerprint density at radius 1 is 1.24 bits per heavy atom. The molecule has 116 valence electrons. The number of hydrogen-bond donors (Lipinski definition) is 0. The fourth-order valence-corrected chi connectivity index (χ4v) is 1.88. The minimum atomic E-state index is -0.431. The molecule has 7 heteroatoms. The van der Waals surface area contributed by atoms with E-state index in [0.717, 1.165) is 5.46 Å². The van der Waals surface area contributed by atoms with Crippen molar-refractivity contribution in [2.75, 3.05) is 7.11 Å². The van der Waals surface area contributed by atoms with Crippen LogP contribution in [-0.4, -0.2) is 36.4 Å². The number of carbonyl (C=O) groups excluding carboxylic acids is 1. The topological polar surface area (TPSA) is 57.7 Å². The second kappa shape index (κ2) is 6.34. The number of methoxy groups -OCH3 is 1. The first kappa shape index (κ1) is 17.9. The van der Waals surface area contributed by atoms with Gasteiger partial charge in [0.25, 0.3) is 0 Å². The van der Waals surface area contributed by atoms with Crippen LogP contribution in [0, 0.1) is 0 Å². The van der Waals surface area contributed by atoms with Gasteiger partial charge < -0.3 is 14.0 Å². The van der Waals surface area contributed by atoms with Crippen LogP contribution >= 0.6 is 12.4 Å². The summed E-state index contributed by atoms with van der Waals surface area (Å²) in [6, 6.07) is 3.66. The summed E-state index contributed by atoms with van der Waals surface area (Å²) in [4.78, 5) is 15.4. The molecular formula is C14H21BClNO4. The average Bonchev–Trinajstić information content (AvgIpc) is 2.59. The zero-order chi connectivity index (χ0) is 15.0. The molecule has 0 unspecified atom stereocenters. The maximum atomic E-state index is 11.2. The van der Waals surface area contributed by atoms with E-state index in [0.29, 0.717) is 5.69 Å². The van der Waals surface area contributed by atoms with Crippen LogP contribution in [0.3, 0.4) is 0 Å². The molecule has 5 nitrogen and oxygen atoms in total. The van der Waals surface area contributed by atoms with Crippen LogP contribution in [0.2, 0.25) is 0 Å². The van der Waals surface area contributed by atoms with Gasteiger partial charge in [-0.2, -0.15) is 0 Å². The molecule has 0 atom stereocenters. The zero-order valence-electron chi connectivity index (χ0n) is 13.0. The molecule has 21 heavy (non-hydrogen) atoms. The molecule has 0 radical (unpaired) electrons.